The number of rotatable bonds is 8. The maximum absolute atomic E-state index is 13.5. The smallest absolute Gasteiger partial charge is 0.434 e. The Bertz CT molecular complexity index is 816. The molecule has 1 amide bonds. The molecule has 0 saturated heterocycles. The lowest BCUT2D eigenvalue weighted by atomic mass is 10.2. The average molecular weight is 399 g/mol. The number of hydrogen-bond acceptors (Lipinski definition) is 5. The number of alkyl halides is 3. The van der Waals surface area contributed by atoms with Crippen LogP contribution in [0.15, 0.2) is 30.5 Å². The molecule has 2 rings (SSSR count). The zero-order valence-corrected chi connectivity index (χ0v) is 15.4. The molecule has 7 nitrogen and oxygen atoms in total. The lowest BCUT2D eigenvalue weighted by Gasteiger charge is -2.13. The molecule has 1 N–H and O–H groups in total. The van der Waals surface area contributed by atoms with E-state index in [1.54, 1.807) is 0 Å². The van der Waals surface area contributed by atoms with Gasteiger partial charge in [-0.3, -0.25) is 4.79 Å². The minimum absolute atomic E-state index is 0.0565. The Kier molecular flexibility index (Phi) is 7.16. The van der Waals surface area contributed by atoms with E-state index in [0.29, 0.717) is 17.0 Å². The molecular formula is C18H20F3N3O4. The lowest BCUT2D eigenvalue weighted by molar-refractivity contribution is -0.143. The van der Waals surface area contributed by atoms with Crippen LogP contribution >= 0.6 is 0 Å². The molecule has 1 heterocycles. The Morgan fingerprint density at radius 2 is 1.82 bits per heavy atom. The number of nitrogens with one attached hydrogen (secondary N) is 1. The van der Waals surface area contributed by atoms with Gasteiger partial charge < -0.3 is 14.8 Å². The second-order valence-corrected chi connectivity index (χ2v) is 5.58. The summed E-state index contributed by atoms with van der Waals surface area (Å²) in [6, 6.07) is 5.60. The van der Waals surface area contributed by atoms with E-state index in [-0.39, 0.29) is 31.2 Å². The van der Waals surface area contributed by atoms with Gasteiger partial charge in [-0.1, -0.05) is 0 Å². The molecule has 10 heteroatoms. The number of halogens is 3. The monoisotopic (exact) mass is 399 g/mol. The quantitative estimate of drug-likeness (QED) is 0.543. The molecule has 0 saturated carbocycles. The van der Waals surface area contributed by atoms with E-state index in [9.17, 15) is 22.8 Å². The molecule has 0 bridgehead atoms. The second-order valence-electron chi connectivity index (χ2n) is 5.58. The SMILES string of the molecule is CCOCCC(=O)Nc1ccc(-n2ncc(C(=O)OCC)c2C(F)(F)F)cc1. The summed E-state index contributed by atoms with van der Waals surface area (Å²) in [5, 5.41) is 6.31. The first kappa shape index (κ1) is 21.4. The Morgan fingerprint density at radius 3 is 2.39 bits per heavy atom. The third kappa shape index (κ3) is 5.32. The van der Waals surface area contributed by atoms with Gasteiger partial charge in [0.2, 0.25) is 5.91 Å². The van der Waals surface area contributed by atoms with E-state index in [4.69, 9.17) is 4.74 Å². The van der Waals surface area contributed by atoms with Crippen molar-refractivity contribution in [3.8, 4) is 5.69 Å². The van der Waals surface area contributed by atoms with Crippen molar-refractivity contribution >= 4 is 17.6 Å². The minimum atomic E-state index is -4.81. The summed E-state index contributed by atoms with van der Waals surface area (Å²) in [7, 11) is 0. The van der Waals surface area contributed by atoms with Gasteiger partial charge in [-0.05, 0) is 38.1 Å². The summed E-state index contributed by atoms with van der Waals surface area (Å²) >= 11 is 0. The highest BCUT2D eigenvalue weighted by Crippen LogP contribution is 2.34. The van der Waals surface area contributed by atoms with Crippen molar-refractivity contribution in [1.29, 1.82) is 0 Å². The van der Waals surface area contributed by atoms with Gasteiger partial charge in [-0.25, -0.2) is 9.48 Å². The Morgan fingerprint density at radius 1 is 1.14 bits per heavy atom. The first-order chi connectivity index (χ1) is 13.3. The number of ether oxygens (including phenoxy) is 2. The van der Waals surface area contributed by atoms with Crippen molar-refractivity contribution in [1.82, 2.24) is 9.78 Å². The topological polar surface area (TPSA) is 82.5 Å². The van der Waals surface area contributed by atoms with Gasteiger partial charge in [0.1, 0.15) is 5.56 Å². The number of carbonyl (C=O) groups is 2. The highest BCUT2D eigenvalue weighted by molar-refractivity contribution is 5.91. The fourth-order valence-corrected chi connectivity index (χ4v) is 2.39. The van der Waals surface area contributed by atoms with Gasteiger partial charge in [0.25, 0.3) is 0 Å². The zero-order chi connectivity index (χ0) is 20.7. The molecule has 0 aliphatic heterocycles. The molecule has 1 aromatic carbocycles. The van der Waals surface area contributed by atoms with Crippen LogP contribution in [0, 0.1) is 0 Å². The molecule has 0 aliphatic rings. The molecule has 0 radical (unpaired) electrons. The Hall–Kier alpha value is -2.88. The van der Waals surface area contributed by atoms with E-state index < -0.39 is 23.4 Å². The van der Waals surface area contributed by atoms with Gasteiger partial charge in [0.05, 0.1) is 31.5 Å². The number of amides is 1. The van der Waals surface area contributed by atoms with Crippen LogP contribution in [0.25, 0.3) is 5.69 Å². The van der Waals surface area contributed by atoms with Crippen LogP contribution < -0.4 is 5.32 Å². The van der Waals surface area contributed by atoms with Crippen molar-refractivity contribution in [2.75, 3.05) is 25.1 Å². The van der Waals surface area contributed by atoms with Crippen LogP contribution in [-0.2, 0) is 20.4 Å². The minimum Gasteiger partial charge on any atom is -0.462 e. The van der Waals surface area contributed by atoms with Crippen LogP contribution in [0.1, 0.15) is 36.3 Å². The third-order valence-corrected chi connectivity index (χ3v) is 3.61. The molecule has 0 atom stereocenters. The Balaban J connectivity index is 2.24. The zero-order valence-electron chi connectivity index (χ0n) is 15.4. The molecule has 1 aromatic heterocycles. The fourth-order valence-electron chi connectivity index (χ4n) is 2.39. The first-order valence-corrected chi connectivity index (χ1v) is 8.58. The van der Waals surface area contributed by atoms with Crippen LogP contribution in [0.5, 0.6) is 0 Å². The molecule has 152 valence electrons. The normalized spacial score (nSPS) is 11.3. The summed E-state index contributed by atoms with van der Waals surface area (Å²) in [5.74, 6) is -1.37. The number of aromatic nitrogens is 2. The summed E-state index contributed by atoms with van der Waals surface area (Å²) in [6.45, 7) is 4.03. The number of esters is 1. The number of carbonyl (C=O) groups excluding carboxylic acids is 2. The van der Waals surface area contributed by atoms with E-state index >= 15 is 0 Å². The van der Waals surface area contributed by atoms with Gasteiger partial charge >= 0.3 is 12.1 Å². The molecule has 2 aromatic rings. The number of hydrogen-bond donors (Lipinski definition) is 1. The highest BCUT2D eigenvalue weighted by Gasteiger charge is 2.41. The number of benzene rings is 1. The van der Waals surface area contributed by atoms with Crippen molar-refractivity contribution in [3.63, 3.8) is 0 Å². The maximum Gasteiger partial charge on any atom is 0.434 e. The first-order valence-electron chi connectivity index (χ1n) is 8.58. The lowest BCUT2D eigenvalue weighted by Crippen LogP contribution is -2.18. The van der Waals surface area contributed by atoms with Crippen molar-refractivity contribution in [2.45, 2.75) is 26.4 Å². The predicted octanol–water partition coefficient (Wildman–Crippen LogP) is 3.43. The van der Waals surface area contributed by atoms with E-state index in [1.165, 1.54) is 31.2 Å². The maximum atomic E-state index is 13.5. The van der Waals surface area contributed by atoms with Crippen molar-refractivity contribution in [3.05, 3.63) is 41.7 Å². The molecular weight excluding hydrogens is 379 g/mol. The predicted molar refractivity (Wildman–Crippen MR) is 94.3 cm³/mol. The fraction of sp³-hybridized carbons (Fsp3) is 0.389. The second kappa shape index (κ2) is 9.36. The van der Waals surface area contributed by atoms with Gasteiger partial charge in [-0.2, -0.15) is 18.3 Å². The molecule has 0 fully saturated rings. The van der Waals surface area contributed by atoms with Crippen LogP contribution in [0.3, 0.4) is 0 Å². The van der Waals surface area contributed by atoms with E-state index in [2.05, 4.69) is 15.2 Å². The van der Waals surface area contributed by atoms with E-state index in [1.807, 2.05) is 6.92 Å². The van der Waals surface area contributed by atoms with Crippen LogP contribution in [0.4, 0.5) is 18.9 Å². The summed E-state index contributed by atoms with van der Waals surface area (Å²) < 4.78 is 50.8. The summed E-state index contributed by atoms with van der Waals surface area (Å²) in [6.07, 6.45) is -3.83. The molecule has 28 heavy (non-hydrogen) atoms. The average Bonchev–Trinajstić information content (AvgIpc) is 3.08. The molecule has 0 spiro atoms. The summed E-state index contributed by atoms with van der Waals surface area (Å²) in [4.78, 5) is 23.6. The van der Waals surface area contributed by atoms with Crippen molar-refractivity contribution in [2.24, 2.45) is 0 Å². The van der Waals surface area contributed by atoms with Crippen molar-refractivity contribution < 1.29 is 32.2 Å². The number of anilines is 1. The highest BCUT2D eigenvalue weighted by atomic mass is 19.4. The standard InChI is InChI=1S/C18H20F3N3O4/c1-3-27-10-9-15(25)23-12-5-7-13(8-6-12)24-16(18(19,20)21)14(11-22-24)17(26)28-4-2/h5-8,11H,3-4,9-10H2,1-2H3,(H,23,25). The van der Waals surface area contributed by atoms with Crippen LogP contribution in [-0.4, -0.2) is 41.5 Å². The summed E-state index contributed by atoms with van der Waals surface area (Å²) in [5.41, 5.74) is -1.39. The van der Waals surface area contributed by atoms with Gasteiger partial charge in [0, 0.05) is 12.3 Å². The molecule has 0 unspecified atom stereocenters. The number of nitrogens with zero attached hydrogens (tertiary/aromatic N) is 2. The largest absolute Gasteiger partial charge is 0.462 e. The third-order valence-electron chi connectivity index (χ3n) is 3.61. The van der Waals surface area contributed by atoms with Gasteiger partial charge in [0.15, 0.2) is 5.69 Å². The van der Waals surface area contributed by atoms with Gasteiger partial charge in [-0.15, -0.1) is 0 Å². The van der Waals surface area contributed by atoms with E-state index in [0.717, 1.165) is 6.20 Å². The molecule has 0 aliphatic carbocycles. The Labute approximate surface area is 159 Å². The van der Waals surface area contributed by atoms with Crippen LogP contribution in [0.2, 0.25) is 0 Å².